The first-order valence-electron chi connectivity index (χ1n) is 4.91. The maximum absolute atomic E-state index is 11.4. The van der Waals surface area contributed by atoms with E-state index in [1.54, 1.807) is 27.0 Å². The third-order valence-electron chi connectivity index (χ3n) is 1.48. The molecule has 0 aliphatic heterocycles. The van der Waals surface area contributed by atoms with Crippen molar-refractivity contribution in [2.45, 2.75) is 32.8 Å². The van der Waals surface area contributed by atoms with E-state index in [2.05, 4.69) is 22.6 Å². The molecule has 0 saturated heterocycles. The van der Waals surface area contributed by atoms with Gasteiger partial charge in [0.05, 0.1) is 0 Å². The highest BCUT2D eigenvalue weighted by atomic mass is 32.1. The molecule has 90 valence electrons. The van der Waals surface area contributed by atoms with Gasteiger partial charge >= 0.3 is 0 Å². The molecular formula is C10H15N2O2S2-. The molecule has 0 amide bonds. The van der Waals surface area contributed by atoms with E-state index in [1.807, 2.05) is 0 Å². The third-order valence-corrected chi connectivity index (χ3v) is 2.65. The van der Waals surface area contributed by atoms with Gasteiger partial charge in [-0.15, -0.1) is 0 Å². The minimum Gasteiger partial charge on any atom is -0.594 e. The van der Waals surface area contributed by atoms with Gasteiger partial charge in [0.1, 0.15) is 0 Å². The SMILES string of the molecule is CC(C)(C)O/C([O-])=N/c1ncc(CCS)s1. The fraction of sp³-hybridized carbons (Fsp3) is 0.600. The smallest absolute Gasteiger partial charge is 0.211 e. The summed E-state index contributed by atoms with van der Waals surface area (Å²) in [5.74, 6) is 0.758. The van der Waals surface area contributed by atoms with Crippen LogP contribution in [0.1, 0.15) is 25.6 Å². The molecule has 4 nitrogen and oxygen atoms in total. The summed E-state index contributed by atoms with van der Waals surface area (Å²) < 4.78 is 5.06. The molecule has 0 aliphatic carbocycles. The zero-order chi connectivity index (χ0) is 12.2. The first-order valence-corrected chi connectivity index (χ1v) is 6.36. The van der Waals surface area contributed by atoms with Crippen LogP contribution in [0.4, 0.5) is 5.13 Å². The average Bonchev–Trinajstić information content (AvgIpc) is 2.49. The van der Waals surface area contributed by atoms with Gasteiger partial charge in [0.15, 0.2) is 6.08 Å². The first kappa shape index (κ1) is 13.3. The first-order chi connectivity index (χ1) is 7.40. The minimum atomic E-state index is -0.598. The Bertz CT molecular complexity index is 369. The highest BCUT2D eigenvalue weighted by Crippen LogP contribution is 2.22. The van der Waals surface area contributed by atoms with Crippen LogP contribution >= 0.6 is 24.0 Å². The Hall–Kier alpha value is -0.750. The summed E-state index contributed by atoms with van der Waals surface area (Å²) in [5.41, 5.74) is -0.522. The number of hydrogen-bond acceptors (Lipinski definition) is 6. The zero-order valence-corrected chi connectivity index (χ0v) is 11.3. The Kier molecular flexibility index (Phi) is 4.61. The molecule has 1 heterocycles. The highest BCUT2D eigenvalue weighted by molar-refractivity contribution is 7.80. The molecular weight excluding hydrogens is 244 g/mol. The van der Waals surface area contributed by atoms with Gasteiger partial charge in [0.25, 0.3) is 0 Å². The predicted octanol–water partition coefficient (Wildman–Crippen LogP) is 1.78. The second-order valence-corrected chi connectivity index (χ2v) is 5.72. The number of thiazole rings is 1. The Morgan fingerprint density at radius 2 is 2.31 bits per heavy atom. The quantitative estimate of drug-likeness (QED) is 0.511. The number of aromatic nitrogens is 1. The third kappa shape index (κ3) is 4.85. The summed E-state index contributed by atoms with van der Waals surface area (Å²) in [7, 11) is 0. The molecule has 0 bridgehead atoms. The lowest BCUT2D eigenvalue weighted by Gasteiger charge is -2.29. The van der Waals surface area contributed by atoms with Gasteiger partial charge in [-0.1, -0.05) is 32.1 Å². The molecule has 0 N–H and O–H groups in total. The Labute approximate surface area is 105 Å². The summed E-state index contributed by atoms with van der Waals surface area (Å²) in [4.78, 5) is 8.86. The molecule has 0 atom stereocenters. The van der Waals surface area contributed by atoms with Crippen molar-refractivity contribution in [1.82, 2.24) is 4.98 Å². The number of aliphatic imine (C=N–C) groups is 1. The fourth-order valence-electron chi connectivity index (χ4n) is 0.937. The summed E-state index contributed by atoms with van der Waals surface area (Å²) in [5, 5.41) is 11.8. The van der Waals surface area contributed by atoms with Crippen molar-refractivity contribution in [3.63, 3.8) is 0 Å². The molecule has 0 radical (unpaired) electrons. The van der Waals surface area contributed by atoms with Crippen LogP contribution in [0.5, 0.6) is 0 Å². The van der Waals surface area contributed by atoms with Crippen LogP contribution in [0.25, 0.3) is 0 Å². The van der Waals surface area contributed by atoms with Crippen molar-refractivity contribution < 1.29 is 9.84 Å². The molecule has 0 spiro atoms. The number of hydrogen-bond donors (Lipinski definition) is 1. The Balaban J connectivity index is 2.66. The second-order valence-electron chi connectivity index (χ2n) is 4.17. The lowest BCUT2D eigenvalue weighted by molar-refractivity contribution is -0.259. The number of aryl methyl sites for hydroxylation is 1. The summed E-state index contributed by atoms with van der Waals surface area (Å²) in [6, 6.07) is 0. The normalized spacial score (nSPS) is 12.9. The van der Waals surface area contributed by atoms with Gasteiger partial charge in [0.2, 0.25) is 5.13 Å². The van der Waals surface area contributed by atoms with Gasteiger partial charge in [-0.3, -0.25) is 0 Å². The van der Waals surface area contributed by atoms with E-state index in [9.17, 15) is 5.11 Å². The van der Waals surface area contributed by atoms with E-state index >= 15 is 0 Å². The highest BCUT2D eigenvalue weighted by Gasteiger charge is 2.05. The van der Waals surface area contributed by atoms with Crippen LogP contribution < -0.4 is 5.11 Å². The number of ether oxygens (including phenoxy) is 1. The fourth-order valence-corrected chi connectivity index (χ4v) is 2.10. The van der Waals surface area contributed by atoms with Crippen LogP contribution in [-0.4, -0.2) is 22.4 Å². The van der Waals surface area contributed by atoms with Crippen LogP contribution in [0.2, 0.25) is 0 Å². The van der Waals surface area contributed by atoms with Gasteiger partial charge in [-0.2, -0.15) is 12.6 Å². The largest absolute Gasteiger partial charge is 0.594 e. The van der Waals surface area contributed by atoms with E-state index in [1.165, 1.54) is 11.3 Å². The van der Waals surface area contributed by atoms with E-state index in [0.717, 1.165) is 17.1 Å². The van der Waals surface area contributed by atoms with Crippen LogP contribution in [0.3, 0.4) is 0 Å². The minimum absolute atomic E-state index is 0.436. The monoisotopic (exact) mass is 259 g/mol. The van der Waals surface area contributed by atoms with E-state index in [4.69, 9.17) is 4.74 Å². The molecule has 6 heteroatoms. The Morgan fingerprint density at radius 1 is 1.62 bits per heavy atom. The summed E-state index contributed by atoms with van der Waals surface area (Å²) in [6.45, 7) is 5.40. The molecule has 0 aliphatic rings. The molecule has 0 fully saturated rings. The average molecular weight is 259 g/mol. The molecule has 1 aromatic rings. The lowest BCUT2D eigenvalue weighted by Crippen LogP contribution is -2.31. The number of nitrogens with zero attached hydrogens (tertiary/aromatic N) is 2. The zero-order valence-electron chi connectivity index (χ0n) is 9.56. The van der Waals surface area contributed by atoms with Crippen molar-refractivity contribution in [3.05, 3.63) is 11.1 Å². The number of rotatable bonds is 3. The van der Waals surface area contributed by atoms with Crippen molar-refractivity contribution in [2.75, 3.05) is 5.75 Å². The van der Waals surface area contributed by atoms with Crippen molar-refractivity contribution in [3.8, 4) is 0 Å². The van der Waals surface area contributed by atoms with Crippen LogP contribution in [0.15, 0.2) is 11.2 Å². The van der Waals surface area contributed by atoms with Crippen molar-refractivity contribution >= 4 is 35.2 Å². The van der Waals surface area contributed by atoms with Gasteiger partial charge in [-0.05, 0) is 12.2 Å². The Morgan fingerprint density at radius 3 is 2.88 bits per heavy atom. The standard InChI is InChI=1S/C10H16N2O2S2/c1-10(2,3)14-9(13)12-8-11-6-7(16-8)4-5-15/h6,15H,4-5H2,1-3H3,(H,11,12,13)/p-1. The summed E-state index contributed by atoms with van der Waals surface area (Å²) >= 11 is 5.51. The van der Waals surface area contributed by atoms with Gasteiger partial charge in [-0.25, -0.2) is 9.98 Å². The molecule has 0 saturated carbocycles. The van der Waals surface area contributed by atoms with Crippen molar-refractivity contribution in [2.24, 2.45) is 4.99 Å². The second kappa shape index (κ2) is 5.54. The molecule has 16 heavy (non-hydrogen) atoms. The van der Waals surface area contributed by atoms with Crippen molar-refractivity contribution in [1.29, 1.82) is 0 Å². The summed E-state index contributed by atoms with van der Waals surface area (Å²) in [6.07, 6.45) is 1.95. The van der Waals surface area contributed by atoms with Gasteiger partial charge < -0.3 is 9.84 Å². The molecule has 0 aromatic carbocycles. The predicted molar refractivity (Wildman–Crippen MR) is 67.6 cm³/mol. The van der Waals surface area contributed by atoms with E-state index < -0.39 is 11.7 Å². The van der Waals surface area contributed by atoms with Gasteiger partial charge in [0, 0.05) is 16.7 Å². The number of thiol groups is 1. The lowest BCUT2D eigenvalue weighted by atomic mass is 10.2. The maximum Gasteiger partial charge on any atom is 0.211 e. The molecule has 0 unspecified atom stereocenters. The maximum atomic E-state index is 11.4. The van der Waals surface area contributed by atoms with E-state index in [-0.39, 0.29) is 0 Å². The van der Waals surface area contributed by atoms with Crippen LogP contribution in [-0.2, 0) is 11.2 Å². The molecule has 1 aromatic heterocycles. The van der Waals surface area contributed by atoms with Crippen LogP contribution in [0, 0.1) is 0 Å². The van der Waals surface area contributed by atoms with E-state index in [0.29, 0.717) is 5.13 Å². The molecule has 1 rings (SSSR count). The topological polar surface area (TPSA) is 57.5 Å².